The zero-order valence-electron chi connectivity index (χ0n) is 16.1. The van der Waals surface area contributed by atoms with Gasteiger partial charge in [0.15, 0.2) is 0 Å². The Hall–Kier alpha value is -2.03. The molecule has 4 fully saturated rings. The SMILES string of the molecule is Cc1ccc(S(=O)(=O)N2[C@@H]3[C@@H]4C[C@@H]([C@@H]5C(=O)N(c6ccc(Br)cc6)C(=O)[C@H]45)[C@@H]32)cc1. The summed E-state index contributed by atoms with van der Waals surface area (Å²) in [6.45, 7) is 1.92. The molecule has 4 aliphatic rings. The number of imide groups is 1. The van der Waals surface area contributed by atoms with Gasteiger partial charge in [-0.05, 0) is 61.6 Å². The van der Waals surface area contributed by atoms with Crippen LogP contribution in [0.25, 0.3) is 0 Å². The Morgan fingerprint density at radius 2 is 1.40 bits per heavy atom. The molecule has 7 atom stereocenters. The van der Waals surface area contributed by atoms with Crippen LogP contribution in [0.2, 0.25) is 0 Å². The lowest BCUT2D eigenvalue weighted by Crippen LogP contribution is -2.34. The van der Waals surface area contributed by atoms with Gasteiger partial charge in [-0.25, -0.2) is 8.42 Å². The van der Waals surface area contributed by atoms with Crippen LogP contribution in [-0.2, 0) is 19.6 Å². The third-order valence-corrected chi connectivity index (χ3v) is 9.71. The Labute approximate surface area is 183 Å². The minimum atomic E-state index is -3.61. The molecular formula is C22H19BrN2O4S. The Morgan fingerprint density at radius 1 is 0.867 bits per heavy atom. The number of piperidine rings is 1. The summed E-state index contributed by atoms with van der Waals surface area (Å²) in [7, 11) is -3.61. The maximum Gasteiger partial charge on any atom is 0.243 e. The number of sulfonamides is 1. The summed E-state index contributed by atoms with van der Waals surface area (Å²) in [6, 6.07) is 13.7. The summed E-state index contributed by atoms with van der Waals surface area (Å²) in [6.07, 6.45) is 0.760. The first kappa shape index (κ1) is 18.7. The number of hydrogen-bond acceptors (Lipinski definition) is 4. The molecule has 2 aliphatic carbocycles. The van der Waals surface area contributed by atoms with Crippen molar-refractivity contribution >= 4 is 43.5 Å². The molecule has 2 aromatic carbocycles. The van der Waals surface area contributed by atoms with Crippen molar-refractivity contribution in [3.8, 4) is 0 Å². The van der Waals surface area contributed by atoms with Crippen molar-refractivity contribution in [1.29, 1.82) is 0 Å². The fourth-order valence-corrected chi connectivity index (χ4v) is 8.19. The summed E-state index contributed by atoms with van der Waals surface area (Å²) in [5, 5.41) is 0. The molecule has 2 saturated carbocycles. The van der Waals surface area contributed by atoms with E-state index in [0.717, 1.165) is 16.5 Å². The molecule has 2 amide bonds. The van der Waals surface area contributed by atoms with Crippen LogP contribution in [0.1, 0.15) is 12.0 Å². The van der Waals surface area contributed by atoms with Gasteiger partial charge in [-0.15, -0.1) is 0 Å². The lowest BCUT2D eigenvalue weighted by Gasteiger charge is -2.20. The molecule has 1 unspecified atom stereocenters. The molecule has 0 aromatic heterocycles. The first-order valence-electron chi connectivity index (χ1n) is 10.0. The number of aryl methyl sites for hydroxylation is 1. The van der Waals surface area contributed by atoms with Crippen molar-refractivity contribution in [1.82, 2.24) is 4.31 Å². The molecule has 0 radical (unpaired) electrons. The quantitative estimate of drug-likeness (QED) is 0.493. The van der Waals surface area contributed by atoms with Crippen LogP contribution in [-0.4, -0.2) is 36.6 Å². The van der Waals surface area contributed by atoms with E-state index < -0.39 is 21.9 Å². The Balaban J connectivity index is 1.31. The topological polar surface area (TPSA) is 74.5 Å². The summed E-state index contributed by atoms with van der Waals surface area (Å²) in [5.74, 6) is -1.35. The lowest BCUT2D eigenvalue weighted by atomic mass is 9.81. The van der Waals surface area contributed by atoms with Gasteiger partial charge in [0.25, 0.3) is 0 Å². The number of amides is 2. The second-order valence-corrected chi connectivity index (χ2v) is 11.5. The maximum absolute atomic E-state index is 13.2. The second kappa shape index (κ2) is 6.02. The van der Waals surface area contributed by atoms with E-state index in [1.165, 1.54) is 4.90 Å². The minimum Gasteiger partial charge on any atom is -0.274 e. The largest absolute Gasteiger partial charge is 0.274 e. The first-order valence-corrected chi connectivity index (χ1v) is 12.3. The number of hydrogen-bond donors (Lipinski definition) is 0. The van der Waals surface area contributed by atoms with Crippen molar-refractivity contribution in [3.05, 3.63) is 58.6 Å². The smallest absolute Gasteiger partial charge is 0.243 e. The van der Waals surface area contributed by atoms with E-state index in [4.69, 9.17) is 0 Å². The maximum atomic E-state index is 13.2. The van der Waals surface area contributed by atoms with Gasteiger partial charge >= 0.3 is 0 Å². The molecule has 2 saturated heterocycles. The van der Waals surface area contributed by atoms with Crippen LogP contribution in [0, 0.1) is 30.6 Å². The summed E-state index contributed by atoms with van der Waals surface area (Å²) in [5.41, 5.74) is 1.58. The molecule has 0 spiro atoms. The highest BCUT2D eigenvalue weighted by atomic mass is 79.9. The van der Waals surface area contributed by atoms with E-state index in [9.17, 15) is 18.0 Å². The van der Waals surface area contributed by atoms with Gasteiger partial charge < -0.3 is 0 Å². The fraction of sp³-hybridized carbons (Fsp3) is 0.364. The summed E-state index contributed by atoms with van der Waals surface area (Å²) < 4.78 is 28.8. The van der Waals surface area contributed by atoms with Crippen LogP contribution in [0.15, 0.2) is 57.9 Å². The van der Waals surface area contributed by atoms with E-state index in [-0.39, 0.29) is 40.6 Å². The van der Waals surface area contributed by atoms with Gasteiger partial charge in [-0.1, -0.05) is 33.6 Å². The Kier molecular flexibility index (Phi) is 3.76. The summed E-state index contributed by atoms with van der Waals surface area (Å²) >= 11 is 3.37. The molecule has 6 nitrogen and oxygen atoms in total. The highest BCUT2D eigenvalue weighted by Gasteiger charge is 2.78. The average molecular weight is 487 g/mol. The highest BCUT2D eigenvalue weighted by Crippen LogP contribution is 2.66. The van der Waals surface area contributed by atoms with E-state index in [2.05, 4.69) is 15.9 Å². The molecular weight excluding hydrogens is 468 g/mol. The molecule has 8 heteroatoms. The number of benzene rings is 2. The zero-order chi connectivity index (χ0) is 20.9. The number of carbonyl (C=O) groups excluding carboxylic acids is 2. The summed E-state index contributed by atoms with van der Waals surface area (Å²) in [4.78, 5) is 28.0. The lowest BCUT2D eigenvalue weighted by molar-refractivity contribution is -0.123. The van der Waals surface area contributed by atoms with E-state index >= 15 is 0 Å². The first-order chi connectivity index (χ1) is 14.3. The molecule has 2 heterocycles. The Bertz CT molecular complexity index is 1160. The molecule has 154 valence electrons. The van der Waals surface area contributed by atoms with Gasteiger partial charge in [0.05, 0.1) is 22.4 Å². The van der Waals surface area contributed by atoms with Crippen LogP contribution in [0.5, 0.6) is 0 Å². The van der Waals surface area contributed by atoms with Crippen LogP contribution >= 0.6 is 15.9 Å². The predicted molar refractivity (Wildman–Crippen MR) is 113 cm³/mol. The van der Waals surface area contributed by atoms with Crippen molar-refractivity contribution < 1.29 is 18.0 Å². The van der Waals surface area contributed by atoms with Crippen LogP contribution in [0.3, 0.4) is 0 Å². The minimum absolute atomic E-state index is 0.0814. The van der Waals surface area contributed by atoms with Crippen molar-refractivity contribution in [3.63, 3.8) is 0 Å². The predicted octanol–water partition coefficient (Wildman–Crippen LogP) is 2.95. The number of carbonyl (C=O) groups is 2. The Morgan fingerprint density at radius 3 is 1.93 bits per heavy atom. The van der Waals surface area contributed by atoms with Gasteiger partial charge in [0.2, 0.25) is 21.8 Å². The normalized spacial score (nSPS) is 36.2. The number of halogens is 1. The van der Waals surface area contributed by atoms with Crippen molar-refractivity contribution in [2.24, 2.45) is 23.7 Å². The second-order valence-electron chi connectivity index (χ2n) is 8.73. The van der Waals surface area contributed by atoms with Gasteiger partial charge in [-0.3, -0.25) is 14.5 Å². The van der Waals surface area contributed by atoms with Gasteiger partial charge in [-0.2, -0.15) is 4.31 Å². The molecule has 30 heavy (non-hydrogen) atoms. The zero-order valence-corrected chi connectivity index (χ0v) is 18.5. The van der Waals surface area contributed by atoms with Crippen molar-refractivity contribution in [2.45, 2.75) is 30.3 Å². The van der Waals surface area contributed by atoms with E-state index in [1.54, 1.807) is 40.7 Å². The van der Waals surface area contributed by atoms with E-state index in [1.807, 2.05) is 19.1 Å². The highest BCUT2D eigenvalue weighted by molar-refractivity contribution is 9.10. The number of fused-ring (bicyclic) bond motifs is 8. The van der Waals surface area contributed by atoms with Crippen LogP contribution < -0.4 is 4.90 Å². The van der Waals surface area contributed by atoms with Gasteiger partial charge in [0.1, 0.15) is 0 Å². The molecule has 2 aromatic rings. The number of anilines is 1. The average Bonchev–Trinajstić information content (AvgIpc) is 3.11. The number of nitrogens with zero attached hydrogens (tertiary/aromatic N) is 2. The van der Waals surface area contributed by atoms with Gasteiger partial charge in [0, 0.05) is 16.6 Å². The van der Waals surface area contributed by atoms with Crippen LogP contribution in [0.4, 0.5) is 5.69 Å². The standard InChI is InChI=1S/C22H19BrN2O4S/c1-11-2-8-14(9-3-11)30(28,29)25-19-15-10-16(20(19)25)18-17(15)21(26)24(22(18)27)13-6-4-12(23)5-7-13/h2-9,15-20H,10H2,1H3/t15-,16+,17-,18+,19-,20+,25?. The van der Waals surface area contributed by atoms with Crippen molar-refractivity contribution in [2.75, 3.05) is 4.90 Å². The molecule has 2 aliphatic heterocycles. The van der Waals surface area contributed by atoms with E-state index in [0.29, 0.717) is 5.69 Å². The fourth-order valence-electron chi connectivity index (χ4n) is 6.05. The molecule has 0 N–H and O–H groups in total. The number of rotatable bonds is 3. The third kappa shape index (κ3) is 2.30. The molecule has 6 rings (SSSR count). The third-order valence-electron chi connectivity index (χ3n) is 7.27. The monoisotopic (exact) mass is 486 g/mol. The molecule has 2 bridgehead atoms.